The maximum Gasteiger partial charge on any atom is 0.136 e. The first-order valence-electron chi connectivity index (χ1n) is 8.14. The Morgan fingerprint density at radius 3 is 2.42 bits per heavy atom. The zero-order chi connectivity index (χ0) is 18.7. The second kappa shape index (κ2) is 7.86. The predicted molar refractivity (Wildman–Crippen MR) is 113 cm³/mol. The topological polar surface area (TPSA) is 48.7 Å². The largest absolute Gasteiger partial charge is 0.360 e. The van der Waals surface area contributed by atoms with Crippen molar-refractivity contribution in [3.05, 3.63) is 74.1 Å². The molecule has 0 spiro atoms. The fourth-order valence-electron chi connectivity index (χ4n) is 2.84. The first kappa shape index (κ1) is 18.4. The Morgan fingerprint density at radius 1 is 1.15 bits per heavy atom. The number of rotatable bonds is 4. The standard InChI is InChI=1S/C21H18BrN3S/c1-13-8-14(2)20(15(3)9-13)24-11-17(10-23)21-25-19(12-26-21)16-4-6-18(22)7-5-16/h4-9,11-12,24H,1-3H3/b17-11+. The summed E-state index contributed by atoms with van der Waals surface area (Å²) in [5, 5.41) is 15.5. The van der Waals surface area contributed by atoms with Crippen LogP contribution in [0.5, 0.6) is 0 Å². The summed E-state index contributed by atoms with van der Waals surface area (Å²) < 4.78 is 1.03. The molecule has 0 amide bonds. The molecule has 3 nitrogen and oxygen atoms in total. The molecule has 0 aliphatic heterocycles. The maximum absolute atomic E-state index is 9.56. The second-order valence-electron chi connectivity index (χ2n) is 6.13. The summed E-state index contributed by atoms with van der Waals surface area (Å²) in [4.78, 5) is 4.63. The van der Waals surface area contributed by atoms with E-state index in [1.165, 1.54) is 16.9 Å². The van der Waals surface area contributed by atoms with Gasteiger partial charge in [-0.25, -0.2) is 4.98 Å². The second-order valence-corrected chi connectivity index (χ2v) is 7.91. The zero-order valence-electron chi connectivity index (χ0n) is 14.8. The van der Waals surface area contributed by atoms with Crippen LogP contribution < -0.4 is 5.32 Å². The fourth-order valence-corrected chi connectivity index (χ4v) is 3.90. The highest BCUT2D eigenvalue weighted by Crippen LogP contribution is 2.28. The number of thiazole rings is 1. The van der Waals surface area contributed by atoms with Gasteiger partial charge in [0, 0.05) is 27.3 Å². The van der Waals surface area contributed by atoms with Crippen molar-refractivity contribution in [1.82, 2.24) is 4.98 Å². The van der Waals surface area contributed by atoms with Gasteiger partial charge in [0.2, 0.25) is 0 Å². The molecule has 1 heterocycles. The SMILES string of the molecule is Cc1cc(C)c(N/C=C(\C#N)c2nc(-c3ccc(Br)cc3)cs2)c(C)c1. The molecule has 0 aliphatic carbocycles. The van der Waals surface area contributed by atoms with Crippen molar-refractivity contribution in [1.29, 1.82) is 5.26 Å². The average molecular weight is 424 g/mol. The molecule has 1 N–H and O–H groups in total. The van der Waals surface area contributed by atoms with Gasteiger partial charge in [0.1, 0.15) is 16.6 Å². The number of nitriles is 1. The summed E-state index contributed by atoms with van der Waals surface area (Å²) in [5.74, 6) is 0. The van der Waals surface area contributed by atoms with Crippen LogP contribution in [0.25, 0.3) is 16.8 Å². The lowest BCUT2D eigenvalue weighted by Crippen LogP contribution is -1.97. The van der Waals surface area contributed by atoms with Crippen LogP contribution in [0.3, 0.4) is 0 Å². The summed E-state index contributed by atoms with van der Waals surface area (Å²) >= 11 is 4.91. The van der Waals surface area contributed by atoms with Crippen molar-refractivity contribution < 1.29 is 0 Å². The third-order valence-corrected chi connectivity index (χ3v) is 5.44. The molecule has 0 saturated heterocycles. The lowest BCUT2D eigenvalue weighted by molar-refractivity contribution is 1.31. The lowest BCUT2D eigenvalue weighted by Gasteiger charge is -2.11. The number of allylic oxidation sites excluding steroid dienone is 1. The quantitative estimate of drug-likeness (QED) is 0.488. The highest BCUT2D eigenvalue weighted by molar-refractivity contribution is 9.10. The van der Waals surface area contributed by atoms with E-state index in [0.29, 0.717) is 10.6 Å². The number of hydrogen-bond donors (Lipinski definition) is 1. The van der Waals surface area contributed by atoms with Gasteiger partial charge >= 0.3 is 0 Å². The van der Waals surface area contributed by atoms with Crippen LogP contribution in [0.2, 0.25) is 0 Å². The molecule has 130 valence electrons. The molecule has 0 atom stereocenters. The molecule has 0 saturated carbocycles. The first-order chi connectivity index (χ1) is 12.5. The van der Waals surface area contributed by atoms with Crippen LogP contribution in [0.15, 0.2) is 52.5 Å². The Kier molecular flexibility index (Phi) is 5.55. The minimum atomic E-state index is 0.526. The van der Waals surface area contributed by atoms with Gasteiger partial charge in [-0.05, 0) is 44.0 Å². The van der Waals surface area contributed by atoms with Crippen molar-refractivity contribution in [3.8, 4) is 17.3 Å². The minimum absolute atomic E-state index is 0.526. The number of anilines is 1. The number of nitrogens with zero attached hydrogens (tertiary/aromatic N) is 2. The molecule has 26 heavy (non-hydrogen) atoms. The number of hydrogen-bond acceptors (Lipinski definition) is 4. The van der Waals surface area contributed by atoms with E-state index in [0.717, 1.165) is 32.5 Å². The van der Waals surface area contributed by atoms with Crippen LogP contribution in [0.4, 0.5) is 5.69 Å². The average Bonchev–Trinajstić information content (AvgIpc) is 3.07. The number of aryl methyl sites for hydroxylation is 3. The molecule has 5 heteroatoms. The lowest BCUT2D eigenvalue weighted by atomic mass is 10.1. The van der Waals surface area contributed by atoms with Crippen LogP contribution in [0, 0.1) is 32.1 Å². The fraction of sp³-hybridized carbons (Fsp3) is 0.143. The summed E-state index contributed by atoms with van der Waals surface area (Å²) in [7, 11) is 0. The third-order valence-electron chi connectivity index (χ3n) is 4.03. The molecular weight excluding hydrogens is 406 g/mol. The predicted octanol–water partition coefficient (Wildman–Crippen LogP) is 6.47. The number of halogens is 1. The van der Waals surface area contributed by atoms with Gasteiger partial charge in [-0.3, -0.25) is 0 Å². The van der Waals surface area contributed by atoms with Crippen molar-refractivity contribution in [3.63, 3.8) is 0 Å². The van der Waals surface area contributed by atoms with Crippen molar-refractivity contribution in [2.24, 2.45) is 0 Å². The van der Waals surface area contributed by atoms with Crippen molar-refractivity contribution in [2.45, 2.75) is 20.8 Å². The van der Waals surface area contributed by atoms with E-state index in [1.54, 1.807) is 6.20 Å². The molecule has 1 aromatic heterocycles. The van der Waals surface area contributed by atoms with Crippen LogP contribution in [0.1, 0.15) is 21.7 Å². The normalized spacial score (nSPS) is 11.3. The number of benzene rings is 2. The molecule has 3 aromatic rings. The van der Waals surface area contributed by atoms with Crippen LogP contribution in [-0.2, 0) is 0 Å². The van der Waals surface area contributed by atoms with Gasteiger partial charge in [-0.2, -0.15) is 5.26 Å². The zero-order valence-corrected chi connectivity index (χ0v) is 17.2. The highest BCUT2D eigenvalue weighted by atomic mass is 79.9. The summed E-state index contributed by atoms with van der Waals surface area (Å²) in [6.07, 6.45) is 1.74. The van der Waals surface area contributed by atoms with E-state index >= 15 is 0 Å². The third kappa shape index (κ3) is 4.04. The van der Waals surface area contributed by atoms with Crippen molar-refractivity contribution in [2.75, 3.05) is 5.32 Å². The smallest absolute Gasteiger partial charge is 0.136 e. The molecule has 2 aromatic carbocycles. The Balaban J connectivity index is 1.87. The molecule has 0 fully saturated rings. The molecular formula is C21H18BrN3S. The monoisotopic (exact) mass is 423 g/mol. The number of nitrogens with one attached hydrogen (secondary N) is 1. The minimum Gasteiger partial charge on any atom is -0.360 e. The highest BCUT2D eigenvalue weighted by Gasteiger charge is 2.10. The maximum atomic E-state index is 9.56. The van der Waals surface area contributed by atoms with E-state index in [1.807, 2.05) is 29.6 Å². The molecule has 0 unspecified atom stereocenters. The van der Waals surface area contributed by atoms with Crippen LogP contribution >= 0.6 is 27.3 Å². The molecule has 3 rings (SSSR count). The van der Waals surface area contributed by atoms with E-state index in [2.05, 4.69) is 65.2 Å². The summed E-state index contributed by atoms with van der Waals surface area (Å²) in [6.45, 7) is 6.22. The Labute approximate surface area is 166 Å². The first-order valence-corrected chi connectivity index (χ1v) is 9.81. The van der Waals surface area contributed by atoms with E-state index in [4.69, 9.17) is 0 Å². The van der Waals surface area contributed by atoms with Gasteiger partial charge in [-0.1, -0.05) is 45.8 Å². The number of aromatic nitrogens is 1. The van der Waals surface area contributed by atoms with E-state index < -0.39 is 0 Å². The van der Waals surface area contributed by atoms with E-state index in [-0.39, 0.29) is 0 Å². The van der Waals surface area contributed by atoms with E-state index in [9.17, 15) is 5.26 Å². The van der Waals surface area contributed by atoms with Crippen LogP contribution in [-0.4, -0.2) is 4.98 Å². The summed E-state index contributed by atoms with van der Waals surface area (Å²) in [5.41, 5.74) is 7.02. The Morgan fingerprint density at radius 2 is 1.81 bits per heavy atom. The Bertz CT molecular complexity index is 987. The summed E-state index contributed by atoms with van der Waals surface area (Å²) in [6, 6.07) is 14.5. The molecule has 0 radical (unpaired) electrons. The molecule has 0 aliphatic rings. The van der Waals surface area contributed by atoms with Gasteiger partial charge in [0.15, 0.2) is 0 Å². The van der Waals surface area contributed by atoms with Gasteiger partial charge < -0.3 is 5.32 Å². The Hall–Kier alpha value is -2.42. The van der Waals surface area contributed by atoms with Crippen molar-refractivity contribution >= 4 is 38.5 Å². The van der Waals surface area contributed by atoms with Gasteiger partial charge in [-0.15, -0.1) is 11.3 Å². The van der Waals surface area contributed by atoms with Gasteiger partial charge in [0.25, 0.3) is 0 Å². The van der Waals surface area contributed by atoms with Gasteiger partial charge in [0.05, 0.1) is 5.69 Å². The molecule has 0 bridgehead atoms.